The highest BCUT2D eigenvalue weighted by Crippen LogP contribution is 2.33. The molecule has 0 atom stereocenters. The Kier molecular flexibility index (Phi) is 24.9. The maximum absolute atomic E-state index is 4.90. The SMILES string of the molecule is CCCCCCCCC(CCCCCCCC)c1ccnc(-c2cc(C(CCCCCCCC)CCCCCCCC)ccn2)c1. The molecule has 0 aromatic carbocycles. The van der Waals surface area contributed by atoms with E-state index >= 15 is 0 Å². The van der Waals surface area contributed by atoms with Gasteiger partial charge < -0.3 is 0 Å². The molecule has 0 saturated heterocycles. The van der Waals surface area contributed by atoms with Crippen molar-refractivity contribution in [1.29, 1.82) is 0 Å². The van der Waals surface area contributed by atoms with Crippen molar-refractivity contribution in [1.82, 2.24) is 9.97 Å². The molecule has 0 bridgehead atoms. The van der Waals surface area contributed by atoms with E-state index in [0.29, 0.717) is 11.8 Å². The van der Waals surface area contributed by atoms with Crippen LogP contribution in [-0.4, -0.2) is 9.97 Å². The number of nitrogens with zero attached hydrogens (tertiary/aromatic N) is 2. The van der Waals surface area contributed by atoms with E-state index < -0.39 is 0 Å². The summed E-state index contributed by atoms with van der Waals surface area (Å²) in [6, 6.07) is 9.43. The van der Waals surface area contributed by atoms with Gasteiger partial charge in [0.15, 0.2) is 0 Å². The Morgan fingerprint density at radius 2 is 0.630 bits per heavy atom. The van der Waals surface area contributed by atoms with Gasteiger partial charge in [0.1, 0.15) is 0 Å². The zero-order valence-corrected chi connectivity index (χ0v) is 31.3. The van der Waals surface area contributed by atoms with Crippen molar-refractivity contribution < 1.29 is 0 Å². The van der Waals surface area contributed by atoms with Crippen LogP contribution in [0.3, 0.4) is 0 Å². The summed E-state index contributed by atoms with van der Waals surface area (Å²) < 4.78 is 0. The van der Waals surface area contributed by atoms with Gasteiger partial charge in [-0.15, -0.1) is 0 Å². The smallest absolute Gasteiger partial charge is 0.0889 e. The molecule has 2 aromatic rings. The number of hydrogen-bond donors (Lipinski definition) is 0. The number of unbranched alkanes of at least 4 members (excludes halogenated alkanes) is 20. The first-order valence-electron chi connectivity index (χ1n) is 20.7. The van der Waals surface area contributed by atoms with E-state index in [1.807, 2.05) is 0 Å². The van der Waals surface area contributed by atoms with Crippen molar-refractivity contribution in [3.63, 3.8) is 0 Å². The second-order valence-electron chi connectivity index (χ2n) is 14.6. The zero-order chi connectivity index (χ0) is 32.9. The van der Waals surface area contributed by atoms with E-state index in [0.717, 1.165) is 11.4 Å². The van der Waals surface area contributed by atoms with Gasteiger partial charge in [-0.05, 0) is 72.9 Å². The highest BCUT2D eigenvalue weighted by Gasteiger charge is 2.16. The molecule has 2 heterocycles. The van der Waals surface area contributed by atoms with Crippen LogP contribution >= 0.6 is 0 Å². The van der Waals surface area contributed by atoms with E-state index in [2.05, 4.69) is 64.4 Å². The van der Waals surface area contributed by atoms with Gasteiger partial charge >= 0.3 is 0 Å². The number of pyridine rings is 2. The Balaban J connectivity index is 2.12. The van der Waals surface area contributed by atoms with Gasteiger partial charge in [-0.1, -0.05) is 182 Å². The lowest BCUT2D eigenvalue weighted by molar-refractivity contribution is 0.486. The zero-order valence-electron chi connectivity index (χ0n) is 31.3. The number of rotatable bonds is 31. The number of hydrogen-bond acceptors (Lipinski definition) is 2. The van der Waals surface area contributed by atoms with Gasteiger partial charge in [0, 0.05) is 12.4 Å². The minimum absolute atomic E-state index is 0.649. The predicted molar refractivity (Wildman–Crippen MR) is 205 cm³/mol. The highest BCUT2D eigenvalue weighted by atomic mass is 14.8. The molecule has 0 radical (unpaired) electrons. The third-order valence-electron chi connectivity index (χ3n) is 10.4. The fourth-order valence-electron chi connectivity index (χ4n) is 7.32. The van der Waals surface area contributed by atoms with E-state index in [9.17, 15) is 0 Å². The molecule has 0 unspecified atom stereocenters. The molecule has 0 saturated carbocycles. The van der Waals surface area contributed by atoms with Gasteiger partial charge in [0.05, 0.1) is 11.4 Å². The molecule has 2 rings (SSSR count). The van der Waals surface area contributed by atoms with E-state index in [1.54, 1.807) is 0 Å². The molecule has 2 heteroatoms. The highest BCUT2D eigenvalue weighted by molar-refractivity contribution is 5.56. The first-order valence-corrected chi connectivity index (χ1v) is 20.7. The summed E-state index contributed by atoms with van der Waals surface area (Å²) in [7, 11) is 0. The lowest BCUT2D eigenvalue weighted by Crippen LogP contribution is -2.03. The molecule has 0 spiro atoms. The van der Waals surface area contributed by atoms with Crippen molar-refractivity contribution >= 4 is 0 Å². The van der Waals surface area contributed by atoms with Gasteiger partial charge in [0.25, 0.3) is 0 Å². The van der Waals surface area contributed by atoms with Gasteiger partial charge in [-0.3, -0.25) is 9.97 Å². The monoisotopic (exact) mass is 633 g/mol. The van der Waals surface area contributed by atoms with Gasteiger partial charge in [-0.25, -0.2) is 0 Å². The minimum atomic E-state index is 0.649. The van der Waals surface area contributed by atoms with E-state index in [1.165, 1.54) is 191 Å². The molecule has 0 fully saturated rings. The normalized spacial score (nSPS) is 11.7. The molecular formula is C44H76N2. The predicted octanol–water partition coefficient (Wildman–Crippen LogP) is 15.3. The Hall–Kier alpha value is -1.70. The standard InChI is InChI=1S/C44H76N2/c1-5-9-13-17-21-25-29-39(30-26-22-18-14-10-6-2)41-33-35-45-43(37-41)44-38-42(34-36-46-44)40(31-27-23-19-15-11-7-3)32-28-24-20-16-12-8-4/h33-40H,5-32H2,1-4H3. The molecule has 2 aromatic heterocycles. The third-order valence-corrected chi connectivity index (χ3v) is 10.4. The summed E-state index contributed by atoms with van der Waals surface area (Å²) in [6.07, 6.45) is 42.4. The Labute approximate surface area is 287 Å². The average molecular weight is 633 g/mol. The maximum atomic E-state index is 4.90. The Morgan fingerprint density at radius 1 is 0.370 bits per heavy atom. The first-order chi connectivity index (χ1) is 22.7. The molecular weight excluding hydrogens is 556 g/mol. The fraction of sp³-hybridized carbons (Fsp3) is 0.773. The molecule has 262 valence electrons. The summed E-state index contributed by atoms with van der Waals surface area (Å²) >= 11 is 0. The van der Waals surface area contributed by atoms with E-state index in [-0.39, 0.29) is 0 Å². The van der Waals surface area contributed by atoms with Crippen molar-refractivity contribution in [3.8, 4) is 11.4 Å². The molecule has 0 aliphatic carbocycles. The van der Waals surface area contributed by atoms with Crippen LogP contribution in [0.2, 0.25) is 0 Å². The van der Waals surface area contributed by atoms with Crippen LogP contribution in [0.25, 0.3) is 11.4 Å². The van der Waals surface area contributed by atoms with Crippen LogP contribution in [0, 0.1) is 0 Å². The molecule has 0 amide bonds. The summed E-state index contributed by atoms with van der Waals surface area (Å²) in [5.74, 6) is 1.30. The Morgan fingerprint density at radius 3 is 0.913 bits per heavy atom. The molecule has 0 aliphatic heterocycles. The third kappa shape index (κ3) is 18.6. The van der Waals surface area contributed by atoms with Crippen molar-refractivity contribution in [2.24, 2.45) is 0 Å². The number of aromatic nitrogens is 2. The summed E-state index contributed by atoms with van der Waals surface area (Å²) in [6.45, 7) is 9.25. The molecule has 0 N–H and O–H groups in total. The first kappa shape index (κ1) is 40.5. The fourth-order valence-corrected chi connectivity index (χ4v) is 7.32. The summed E-state index contributed by atoms with van der Waals surface area (Å²) in [4.78, 5) is 9.80. The summed E-state index contributed by atoms with van der Waals surface area (Å²) in [5, 5.41) is 0. The molecule has 2 nitrogen and oxygen atoms in total. The van der Waals surface area contributed by atoms with Crippen LogP contribution < -0.4 is 0 Å². The van der Waals surface area contributed by atoms with Crippen molar-refractivity contribution in [2.45, 2.75) is 219 Å². The molecule has 46 heavy (non-hydrogen) atoms. The van der Waals surface area contributed by atoms with Crippen LogP contribution in [0.1, 0.15) is 230 Å². The van der Waals surface area contributed by atoms with Crippen LogP contribution in [0.15, 0.2) is 36.7 Å². The second-order valence-corrected chi connectivity index (χ2v) is 14.6. The summed E-state index contributed by atoms with van der Waals surface area (Å²) in [5.41, 5.74) is 5.14. The van der Waals surface area contributed by atoms with Crippen LogP contribution in [0.5, 0.6) is 0 Å². The lowest BCUT2D eigenvalue weighted by atomic mass is 9.87. The quantitative estimate of drug-likeness (QED) is 0.0773. The minimum Gasteiger partial charge on any atom is -0.255 e. The van der Waals surface area contributed by atoms with Crippen molar-refractivity contribution in [3.05, 3.63) is 47.8 Å². The van der Waals surface area contributed by atoms with Crippen LogP contribution in [0.4, 0.5) is 0 Å². The van der Waals surface area contributed by atoms with E-state index in [4.69, 9.17) is 9.97 Å². The lowest BCUT2D eigenvalue weighted by Gasteiger charge is -2.20. The Bertz CT molecular complexity index is 843. The van der Waals surface area contributed by atoms with Gasteiger partial charge in [-0.2, -0.15) is 0 Å². The van der Waals surface area contributed by atoms with Crippen LogP contribution in [-0.2, 0) is 0 Å². The maximum Gasteiger partial charge on any atom is 0.0889 e. The average Bonchev–Trinajstić information content (AvgIpc) is 3.09. The topological polar surface area (TPSA) is 25.8 Å². The van der Waals surface area contributed by atoms with Gasteiger partial charge in [0.2, 0.25) is 0 Å². The molecule has 0 aliphatic rings. The second kappa shape index (κ2) is 28.3. The largest absolute Gasteiger partial charge is 0.255 e. The van der Waals surface area contributed by atoms with Crippen molar-refractivity contribution in [2.75, 3.05) is 0 Å².